The molecule has 0 saturated carbocycles. The molecule has 0 spiro atoms. The highest BCUT2D eigenvalue weighted by atomic mass is 28.3. The molecule has 0 amide bonds. The summed E-state index contributed by atoms with van der Waals surface area (Å²) in [6.07, 6.45) is 5.08. The molecule has 1 aromatic heterocycles. The molecule has 4 nitrogen and oxygen atoms in total. The number of para-hydroxylation sites is 1. The van der Waals surface area contributed by atoms with Crippen molar-refractivity contribution in [2.45, 2.75) is 20.0 Å². The second-order valence-corrected chi connectivity index (χ2v) is 7.87. The average Bonchev–Trinajstić information content (AvgIpc) is 2.62. The number of aliphatic imine (C=N–C) groups is 1. The zero-order valence-corrected chi connectivity index (χ0v) is 15.6. The molecule has 0 fully saturated rings. The summed E-state index contributed by atoms with van der Waals surface area (Å²) in [4.78, 5) is 13.6. The highest BCUT2D eigenvalue weighted by Crippen LogP contribution is 2.32. The van der Waals surface area contributed by atoms with Crippen LogP contribution in [0.4, 0.5) is 5.69 Å². The van der Waals surface area contributed by atoms with E-state index in [4.69, 9.17) is 9.42 Å². The van der Waals surface area contributed by atoms with Crippen LogP contribution in [0.5, 0.6) is 5.75 Å². The first-order chi connectivity index (χ1) is 12.1. The number of benzene rings is 2. The Morgan fingerprint density at radius 1 is 1.00 bits per heavy atom. The second-order valence-electron chi connectivity index (χ2n) is 5.85. The van der Waals surface area contributed by atoms with Gasteiger partial charge in [-0.3, -0.25) is 9.97 Å². The topological polar surface area (TPSA) is 47.4 Å². The van der Waals surface area contributed by atoms with Crippen LogP contribution in [0, 0.1) is 6.92 Å². The molecule has 3 rings (SSSR count). The number of nitrogens with zero attached hydrogens (tertiary/aromatic N) is 3. The molecule has 1 radical (unpaired) electrons. The fourth-order valence-corrected chi connectivity index (χ4v) is 3.08. The van der Waals surface area contributed by atoms with Gasteiger partial charge in [-0.15, -0.1) is 0 Å². The number of hydrogen-bond donors (Lipinski definition) is 0. The van der Waals surface area contributed by atoms with Crippen molar-refractivity contribution in [1.29, 1.82) is 0 Å². The number of hydrogen-bond acceptors (Lipinski definition) is 4. The lowest BCUT2D eigenvalue weighted by atomic mass is 10.1. The molecule has 2 aromatic carbocycles. The van der Waals surface area contributed by atoms with Gasteiger partial charge in [-0.25, -0.2) is 4.99 Å². The summed E-state index contributed by atoms with van der Waals surface area (Å²) in [5.41, 5.74) is 4.43. The van der Waals surface area contributed by atoms with Crippen LogP contribution in [0.15, 0.2) is 72.1 Å². The molecule has 0 bridgehead atoms. The first-order valence-electron chi connectivity index (χ1n) is 8.13. The Kier molecular flexibility index (Phi) is 5.35. The molecule has 0 atom stereocenters. The highest BCUT2D eigenvalue weighted by Gasteiger charge is 2.13. The quantitative estimate of drug-likeness (QED) is 0.502. The average molecular weight is 346 g/mol. The minimum absolute atomic E-state index is 0.737. The Labute approximate surface area is 150 Å². The zero-order chi connectivity index (χ0) is 17.6. The Balaban J connectivity index is 2.18. The molecule has 0 N–H and O–H groups in total. The largest absolute Gasteiger partial charge is 0.541 e. The third-order valence-electron chi connectivity index (χ3n) is 3.59. The molecular weight excluding hydrogens is 326 g/mol. The Morgan fingerprint density at radius 3 is 2.48 bits per heavy atom. The highest BCUT2D eigenvalue weighted by molar-refractivity contribution is 6.49. The third kappa shape index (κ3) is 4.19. The van der Waals surface area contributed by atoms with Crippen LogP contribution in [0.25, 0.3) is 0 Å². The van der Waals surface area contributed by atoms with Gasteiger partial charge >= 0.3 is 0 Å². The Hall–Kier alpha value is -2.79. The van der Waals surface area contributed by atoms with Crippen molar-refractivity contribution in [3.63, 3.8) is 0 Å². The monoisotopic (exact) mass is 346 g/mol. The summed E-state index contributed by atoms with van der Waals surface area (Å²) in [5.74, 6) is 0.816. The summed E-state index contributed by atoms with van der Waals surface area (Å²) < 4.78 is 6.06. The molecule has 0 aliphatic rings. The van der Waals surface area contributed by atoms with Gasteiger partial charge in [-0.2, -0.15) is 0 Å². The van der Waals surface area contributed by atoms with Crippen molar-refractivity contribution in [2.24, 2.45) is 4.99 Å². The zero-order valence-electron chi connectivity index (χ0n) is 14.6. The fraction of sp³-hybridized carbons (Fsp3) is 0.150. The molecule has 125 valence electrons. The van der Waals surface area contributed by atoms with E-state index in [1.807, 2.05) is 55.5 Å². The van der Waals surface area contributed by atoms with Crippen LogP contribution >= 0.6 is 0 Å². The predicted octanol–water partition coefficient (Wildman–Crippen LogP) is 4.58. The maximum Gasteiger partial charge on any atom is 0.274 e. The van der Waals surface area contributed by atoms with Gasteiger partial charge in [-0.1, -0.05) is 42.5 Å². The van der Waals surface area contributed by atoms with Crippen LogP contribution in [0.3, 0.4) is 0 Å². The lowest BCUT2D eigenvalue weighted by Gasteiger charge is -2.14. The summed E-state index contributed by atoms with van der Waals surface area (Å²) >= 11 is 0. The first-order valence-corrected chi connectivity index (χ1v) is 10.5. The minimum Gasteiger partial charge on any atom is -0.541 e. The molecule has 5 heteroatoms. The maximum atomic E-state index is 6.06. The van der Waals surface area contributed by atoms with Crippen LogP contribution in [-0.4, -0.2) is 24.7 Å². The molecule has 0 saturated heterocycles. The van der Waals surface area contributed by atoms with Crippen LogP contribution in [0.1, 0.15) is 16.8 Å². The van der Waals surface area contributed by atoms with Gasteiger partial charge < -0.3 is 4.43 Å². The summed E-state index contributed by atoms with van der Waals surface area (Å²) in [5, 5.41) is 0. The number of rotatable bonds is 5. The minimum atomic E-state index is -0.886. The lowest BCUT2D eigenvalue weighted by Crippen LogP contribution is -2.12. The van der Waals surface area contributed by atoms with Gasteiger partial charge in [-0.05, 0) is 31.6 Å². The van der Waals surface area contributed by atoms with Crippen LogP contribution in [0.2, 0.25) is 13.1 Å². The SMILES string of the molecule is Cc1cccc(O[Si](C)C)c1N=C(c1ccccc1)c1cnccn1. The second kappa shape index (κ2) is 7.85. The van der Waals surface area contributed by atoms with Crippen molar-refractivity contribution >= 4 is 20.4 Å². The van der Waals surface area contributed by atoms with E-state index in [0.717, 1.165) is 34.0 Å². The molecule has 1 heterocycles. The van der Waals surface area contributed by atoms with Crippen LogP contribution < -0.4 is 4.43 Å². The van der Waals surface area contributed by atoms with Gasteiger partial charge in [0, 0.05) is 18.0 Å². The lowest BCUT2D eigenvalue weighted by molar-refractivity contribution is 0.581. The number of aromatic nitrogens is 2. The van der Waals surface area contributed by atoms with E-state index in [9.17, 15) is 0 Å². The van der Waals surface area contributed by atoms with Crippen LogP contribution in [-0.2, 0) is 0 Å². The van der Waals surface area contributed by atoms with Crippen molar-refractivity contribution < 1.29 is 4.43 Å². The summed E-state index contributed by atoms with van der Waals surface area (Å²) in [6.45, 7) is 6.27. The van der Waals surface area contributed by atoms with Crippen molar-refractivity contribution in [1.82, 2.24) is 9.97 Å². The van der Waals surface area contributed by atoms with Crippen molar-refractivity contribution in [2.75, 3.05) is 0 Å². The van der Waals surface area contributed by atoms with Gasteiger partial charge in [0.1, 0.15) is 17.1 Å². The van der Waals surface area contributed by atoms with E-state index in [1.165, 1.54) is 0 Å². The fourth-order valence-electron chi connectivity index (χ4n) is 2.48. The van der Waals surface area contributed by atoms with E-state index < -0.39 is 9.04 Å². The summed E-state index contributed by atoms with van der Waals surface area (Å²) in [6, 6.07) is 16.1. The Morgan fingerprint density at radius 2 is 1.80 bits per heavy atom. The summed E-state index contributed by atoms with van der Waals surface area (Å²) in [7, 11) is -0.886. The maximum absolute atomic E-state index is 6.06. The molecule has 25 heavy (non-hydrogen) atoms. The predicted molar refractivity (Wildman–Crippen MR) is 103 cm³/mol. The van der Waals surface area contributed by atoms with E-state index >= 15 is 0 Å². The third-order valence-corrected chi connectivity index (χ3v) is 4.22. The van der Waals surface area contributed by atoms with Gasteiger partial charge in [0.2, 0.25) is 0 Å². The molecule has 3 aromatic rings. The smallest absolute Gasteiger partial charge is 0.274 e. The standard InChI is InChI=1S/C20H20N3OSi/c1-15-8-7-11-18(24-25(2)3)19(15)23-20(16-9-5-4-6-10-16)17-14-21-12-13-22-17/h4-14H,1-3H3. The molecule has 0 aliphatic heterocycles. The van der Waals surface area contributed by atoms with E-state index in [2.05, 4.69) is 23.1 Å². The normalized spacial score (nSPS) is 11.6. The number of aryl methyl sites for hydroxylation is 1. The van der Waals surface area contributed by atoms with E-state index in [-0.39, 0.29) is 0 Å². The molecule has 0 aliphatic carbocycles. The van der Waals surface area contributed by atoms with Crippen molar-refractivity contribution in [3.05, 3.63) is 83.9 Å². The van der Waals surface area contributed by atoms with Gasteiger partial charge in [0.25, 0.3) is 9.04 Å². The van der Waals surface area contributed by atoms with E-state index in [1.54, 1.807) is 18.6 Å². The van der Waals surface area contributed by atoms with E-state index in [0.29, 0.717) is 0 Å². The molecular formula is C20H20N3OSi. The first kappa shape index (κ1) is 17.0. The van der Waals surface area contributed by atoms with Crippen molar-refractivity contribution in [3.8, 4) is 5.75 Å². The Bertz CT molecular complexity index is 823. The van der Waals surface area contributed by atoms with Gasteiger partial charge in [0.05, 0.1) is 11.9 Å². The van der Waals surface area contributed by atoms with Gasteiger partial charge in [0.15, 0.2) is 0 Å². The molecule has 0 unspecified atom stereocenters.